The van der Waals surface area contributed by atoms with Crippen LogP contribution in [0.25, 0.3) is 10.2 Å². The summed E-state index contributed by atoms with van der Waals surface area (Å²) in [6.45, 7) is 4.26. The van der Waals surface area contributed by atoms with Crippen molar-refractivity contribution >= 4 is 27.4 Å². The van der Waals surface area contributed by atoms with Gasteiger partial charge in [0.25, 0.3) is 0 Å². The van der Waals surface area contributed by atoms with Gasteiger partial charge >= 0.3 is 0 Å². The number of aromatic nitrogens is 2. The van der Waals surface area contributed by atoms with Crippen LogP contribution in [0.15, 0.2) is 6.07 Å². The van der Waals surface area contributed by atoms with Gasteiger partial charge in [-0.1, -0.05) is 13.8 Å². The summed E-state index contributed by atoms with van der Waals surface area (Å²) < 4.78 is 0. The Balaban J connectivity index is 2.54. The fraction of sp³-hybridized carbons (Fsp3) is 0.455. The van der Waals surface area contributed by atoms with E-state index in [2.05, 4.69) is 29.9 Å². The summed E-state index contributed by atoms with van der Waals surface area (Å²) in [5.41, 5.74) is 5.91. The van der Waals surface area contributed by atoms with E-state index in [0.717, 1.165) is 35.3 Å². The molecule has 0 fully saturated rings. The third kappa shape index (κ3) is 1.95. The van der Waals surface area contributed by atoms with Crippen molar-refractivity contribution in [3.63, 3.8) is 0 Å². The number of rotatable bonds is 3. The van der Waals surface area contributed by atoms with E-state index in [9.17, 15) is 0 Å². The van der Waals surface area contributed by atoms with Crippen LogP contribution in [-0.2, 0) is 12.8 Å². The van der Waals surface area contributed by atoms with Gasteiger partial charge in [-0.15, -0.1) is 11.3 Å². The number of thiophene rings is 1. The van der Waals surface area contributed by atoms with Crippen molar-refractivity contribution in [2.24, 2.45) is 0 Å². The van der Waals surface area contributed by atoms with Crippen molar-refractivity contribution in [3.8, 4) is 0 Å². The molecule has 4 heteroatoms. The highest BCUT2D eigenvalue weighted by Crippen LogP contribution is 2.27. The van der Waals surface area contributed by atoms with Gasteiger partial charge in [-0.05, 0) is 18.9 Å². The largest absolute Gasteiger partial charge is 0.383 e. The summed E-state index contributed by atoms with van der Waals surface area (Å²) in [5, 5.41) is 1.01. The summed E-state index contributed by atoms with van der Waals surface area (Å²) in [6, 6.07) is 2.10. The molecule has 15 heavy (non-hydrogen) atoms. The fourth-order valence-electron chi connectivity index (χ4n) is 1.55. The molecule has 2 rings (SSSR count). The first-order valence-electron chi connectivity index (χ1n) is 5.29. The number of hydrogen-bond donors (Lipinski definition) is 1. The summed E-state index contributed by atoms with van der Waals surface area (Å²) in [5.74, 6) is 1.49. The average molecular weight is 221 g/mol. The van der Waals surface area contributed by atoms with Gasteiger partial charge in [-0.25, -0.2) is 9.97 Å². The molecule has 0 unspecified atom stereocenters. The number of anilines is 1. The lowest BCUT2D eigenvalue weighted by molar-refractivity contribution is 0.848. The summed E-state index contributed by atoms with van der Waals surface area (Å²) in [7, 11) is 0. The molecule has 0 aromatic carbocycles. The lowest BCUT2D eigenvalue weighted by Crippen LogP contribution is -1.99. The number of nitrogen functional groups attached to an aromatic ring is 1. The van der Waals surface area contributed by atoms with Crippen LogP contribution in [0, 0.1) is 0 Å². The van der Waals surface area contributed by atoms with Crippen molar-refractivity contribution in [1.82, 2.24) is 9.97 Å². The Hall–Kier alpha value is -1.16. The van der Waals surface area contributed by atoms with Gasteiger partial charge in [-0.3, -0.25) is 0 Å². The molecule has 0 saturated carbocycles. The van der Waals surface area contributed by atoms with Gasteiger partial charge < -0.3 is 5.73 Å². The van der Waals surface area contributed by atoms with Crippen LogP contribution in [-0.4, -0.2) is 9.97 Å². The van der Waals surface area contributed by atoms with E-state index >= 15 is 0 Å². The standard InChI is InChI=1S/C11H15N3S/c1-3-5-9-13-10(12)8-6-7(4-2)15-11(8)14-9/h6H,3-5H2,1-2H3,(H2,12,13,14). The second kappa shape index (κ2) is 4.14. The maximum Gasteiger partial charge on any atom is 0.135 e. The van der Waals surface area contributed by atoms with E-state index in [4.69, 9.17) is 5.73 Å². The highest BCUT2D eigenvalue weighted by molar-refractivity contribution is 7.18. The van der Waals surface area contributed by atoms with Crippen LogP contribution in [0.4, 0.5) is 5.82 Å². The Morgan fingerprint density at radius 1 is 1.33 bits per heavy atom. The minimum Gasteiger partial charge on any atom is -0.383 e. The van der Waals surface area contributed by atoms with Crippen LogP contribution in [0.5, 0.6) is 0 Å². The predicted molar refractivity (Wildman–Crippen MR) is 65.2 cm³/mol. The first kappa shape index (κ1) is 10.4. The molecule has 0 aliphatic rings. The molecule has 0 spiro atoms. The molecule has 0 atom stereocenters. The number of nitrogens with two attached hydrogens (primary N) is 1. The third-order valence-corrected chi connectivity index (χ3v) is 3.51. The Morgan fingerprint density at radius 3 is 2.80 bits per heavy atom. The van der Waals surface area contributed by atoms with E-state index in [1.165, 1.54) is 4.88 Å². The monoisotopic (exact) mass is 221 g/mol. The minimum absolute atomic E-state index is 0.624. The normalized spacial score (nSPS) is 11.1. The van der Waals surface area contributed by atoms with Gasteiger partial charge in [0.15, 0.2) is 0 Å². The number of aryl methyl sites for hydroxylation is 2. The molecule has 0 saturated heterocycles. The smallest absolute Gasteiger partial charge is 0.135 e. The Bertz CT molecular complexity index is 476. The molecular weight excluding hydrogens is 206 g/mol. The second-order valence-corrected chi connectivity index (χ2v) is 4.68. The SMILES string of the molecule is CCCc1nc(N)c2cc(CC)sc2n1. The van der Waals surface area contributed by atoms with E-state index in [1.54, 1.807) is 11.3 Å². The van der Waals surface area contributed by atoms with Gasteiger partial charge in [0.05, 0.1) is 5.39 Å². The molecule has 0 bridgehead atoms. The molecule has 0 radical (unpaired) electrons. The Morgan fingerprint density at radius 2 is 2.13 bits per heavy atom. The van der Waals surface area contributed by atoms with Crippen LogP contribution >= 0.6 is 11.3 Å². The van der Waals surface area contributed by atoms with Gasteiger partial charge in [0.2, 0.25) is 0 Å². The maximum absolute atomic E-state index is 5.91. The first-order valence-corrected chi connectivity index (χ1v) is 6.11. The second-order valence-electron chi connectivity index (χ2n) is 3.56. The van der Waals surface area contributed by atoms with E-state index in [0.29, 0.717) is 5.82 Å². The lowest BCUT2D eigenvalue weighted by atomic mass is 10.3. The van der Waals surface area contributed by atoms with E-state index in [1.807, 2.05) is 0 Å². The summed E-state index contributed by atoms with van der Waals surface area (Å²) in [4.78, 5) is 11.2. The number of nitrogens with zero attached hydrogens (tertiary/aromatic N) is 2. The van der Waals surface area contributed by atoms with Crippen LogP contribution in [0.2, 0.25) is 0 Å². The molecule has 2 heterocycles. The third-order valence-electron chi connectivity index (χ3n) is 2.34. The summed E-state index contributed by atoms with van der Waals surface area (Å²) in [6.07, 6.45) is 2.99. The highest BCUT2D eigenvalue weighted by atomic mass is 32.1. The highest BCUT2D eigenvalue weighted by Gasteiger charge is 2.08. The molecule has 2 aromatic rings. The van der Waals surface area contributed by atoms with Crippen LogP contribution in [0.3, 0.4) is 0 Å². The molecular formula is C11H15N3S. The van der Waals surface area contributed by atoms with Crippen molar-refractivity contribution in [1.29, 1.82) is 0 Å². The zero-order chi connectivity index (χ0) is 10.8. The number of fused-ring (bicyclic) bond motifs is 1. The molecule has 0 aliphatic carbocycles. The fourth-order valence-corrected chi connectivity index (χ4v) is 2.54. The molecule has 3 nitrogen and oxygen atoms in total. The Kier molecular flexibility index (Phi) is 2.86. The predicted octanol–water partition coefficient (Wildman–Crippen LogP) is 2.79. The first-order chi connectivity index (χ1) is 7.24. The average Bonchev–Trinajstić information content (AvgIpc) is 2.62. The van der Waals surface area contributed by atoms with Crippen molar-refractivity contribution in [2.45, 2.75) is 33.1 Å². The topological polar surface area (TPSA) is 51.8 Å². The van der Waals surface area contributed by atoms with Crippen molar-refractivity contribution < 1.29 is 0 Å². The quantitative estimate of drug-likeness (QED) is 0.867. The zero-order valence-electron chi connectivity index (χ0n) is 9.08. The van der Waals surface area contributed by atoms with Crippen molar-refractivity contribution in [3.05, 3.63) is 16.8 Å². The van der Waals surface area contributed by atoms with Crippen LogP contribution in [0.1, 0.15) is 31.0 Å². The summed E-state index contributed by atoms with van der Waals surface area (Å²) >= 11 is 1.72. The maximum atomic E-state index is 5.91. The zero-order valence-corrected chi connectivity index (χ0v) is 9.90. The molecule has 0 amide bonds. The molecule has 0 aliphatic heterocycles. The van der Waals surface area contributed by atoms with Gasteiger partial charge in [0.1, 0.15) is 16.5 Å². The Labute approximate surface area is 93.4 Å². The van der Waals surface area contributed by atoms with Crippen LogP contribution < -0.4 is 5.73 Å². The minimum atomic E-state index is 0.624. The van der Waals surface area contributed by atoms with E-state index < -0.39 is 0 Å². The van der Waals surface area contributed by atoms with E-state index in [-0.39, 0.29) is 0 Å². The molecule has 2 N–H and O–H groups in total. The molecule has 80 valence electrons. The van der Waals surface area contributed by atoms with Crippen molar-refractivity contribution in [2.75, 3.05) is 5.73 Å². The van der Waals surface area contributed by atoms with Gasteiger partial charge in [0, 0.05) is 11.3 Å². The lowest BCUT2D eigenvalue weighted by Gasteiger charge is -1.99. The number of hydrogen-bond acceptors (Lipinski definition) is 4. The van der Waals surface area contributed by atoms with Gasteiger partial charge in [-0.2, -0.15) is 0 Å². The molecule has 2 aromatic heterocycles.